The molecule has 0 aliphatic rings. The molecule has 0 aliphatic heterocycles. The van der Waals surface area contributed by atoms with E-state index in [1.807, 2.05) is 0 Å². The van der Waals surface area contributed by atoms with E-state index in [4.69, 9.17) is 9.15 Å². The van der Waals surface area contributed by atoms with Crippen molar-refractivity contribution in [3.8, 4) is 17.2 Å². The molecule has 24 heavy (non-hydrogen) atoms. The van der Waals surface area contributed by atoms with Gasteiger partial charge in [0.25, 0.3) is 5.89 Å². The van der Waals surface area contributed by atoms with Gasteiger partial charge in [-0.25, -0.2) is 8.78 Å². The van der Waals surface area contributed by atoms with E-state index in [0.29, 0.717) is 17.3 Å². The summed E-state index contributed by atoms with van der Waals surface area (Å²) in [6.07, 6.45) is -1.51. The van der Waals surface area contributed by atoms with Crippen molar-refractivity contribution in [2.75, 3.05) is 0 Å². The first-order chi connectivity index (χ1) is 11.5. The molecule has 0 unspecified atom stereocenters. The van der Waals surface area contributed by atoms with Crippen molar-refractivity contribution in [3.05, 3.63) is 59.7 Å². The molecule has 0 bridgehead atoms. The highest BCUT2D eigenvalue weighted by Gasteiger charge is 2.17. The summed E-state index contributed by atoms with van der Waals surface area (Å²) in [6.45, 7) is -0.0606. The third kappa shape index (κ3) is 3.50. The highest BCUT2D eigenvalue weighted by Crippen LogP contribution is 2.23. The summed E-state index contributed by atoms with van der Waals surface area (Å²) in [5.74, 6) is -2.50. The Bertz CT molecular complexity index is 837. The van der Waals surface area contributed by atoms with Gasteiger partial charge < -0.3 is 9.15 Å². The van der Waals surface area contributed by atoms with E-state index in [1.165, 1.54) is 24.4 Å². The minimum Gasteiger partial charge on any atom is -0.484 e. The molecule has 3 aromatic rings. The van der Waals surface area contributed by atoms with Crippen molar-refractivity contribution in [1.82, 2.24) is 15.2 Å². The molecule has 9 heteroatoms. The molecular formula is C15H9F4N3O2. The number of aromatic nitrogens is 3. The monoisotopic (exact) mass is 339 g/mol. The van der Waals surface area contributed by atoms with Gasteiger partial charge in [-0.2, -0.15) is 8.78 Å². The minimum atomic E-state index is -2.85. The van der Waals surface area contributed by atoms with Gasteiger partial charge in [-0.05, 0) is 24.3 Å². The fraction of sp³-hybridized carbons (Fsp3) is 0.133. The molecule has 3 rings (SSSR count). The molecule has 0 saturated carbocycles. The number of halogens is 4. The molecule has 0 fully saturated rings. The van der Waals surface area contributed by atoms with Crippen LogP contribution in [0, 0.1) is 11.6 Å². The van der Waals surface area contributed by atoms with Crippen LogP contribution in [0.25, 0.3) is 11.5 Å². The molecule has 5 nitrogen and oxygen atoms in total. The highest BCUT2D eigenvalue weighted by atomic mass is 19.3. The van der Waals surface area contributed by atoms with Crippen LogP contribution < -0.4 is 4.74 Å². The molecule has 0 aliphatic carbocycles. The molecule has 124 valence electrons. The van der Waals surface area contributed by atoms with E-state index in [1.54, 1.807) is 0 Å². The molecule has 1 aromatic carbocycles. The second-order valence-electron chi connectivity index (χ2n) is 4.65. The quantitative estimate of drug-likeness (QED) is 0.659. The van der Waals surface area contributed by atoms with Gasteiger partial charge >= 0.3 is 6.43 Å². The Morgan fingerprint density at radius 3 is 2.54 bits per heavy atom. The van der Waals surface area contributed by atoms with E-state index in [-0.39, 0.29) is 18.2 Å². The maximum atomic E-state index is 13.4. The van der Waals surface area contributed by atoms with Gasteiger partial charge in [0, 0.05) is 12.3 Å². The van der Waals surface area contributed by atoms with Crippen molar-refractivity contribution in [2.24, 2.45) is 0 Å². The van der Waals surface area contributed by atoms with Gasteiger partial charge in [0.2, 0.25) is 5.89 Å². The third-order valence-corrected chi connectivity index (χ3v) is 2.97. The number of hydrogen-bond donors (Lipinski definition) is 0. The maximum absolute atomic E-state index is 13.4. The zero-order chi connectivity index (χ0) is 17.1. The van der Waals surface area contributed by atoms with Gasteiger partial charge in [-0.15, -0.1) is 10.2 Å². The number of rotatable bonds is 5. The van der Waals surface area contributed by atoms with Crippen LogP contribution in [0.3, 0.4) is 0 Å². The molecule has 0 saturated heterocycles. The van der Waals surface area contributed by atoms with Crippen molar-refractivity contribution in [1.29, 1.82) is 0 Å². The van der Waals surface area contributed by atoms with Crippen molar-refractivity contribution in [2.45, 2.75) is 13.0 Å². The summed E-state index contributed by atoms with van der Waals surface area (Å²) in [5, 5.41) is 6.71. The van der Waals surface area contributed by atoms with Gasteiger partial charge in [-0.1, -0.05) is 0 Å². The first-order valence-electron chi connectivity index (χ1n) is 6.67. The number of nitrogens with zero attached hydrogens (tertiary/aromatic N) is 3. The molecule has 0 radical (unpaired) electrons. The van der Waals surface area contributed by atoms with Gasteiger partial charge in [0.15, 0.2) is 11.6 Å². The molecular weight excluding hydrogens is 330 g/mol. The zero-order valence-corrected chi connectivity index (χ0v) is 11.9. The molecule has 0 atom stereocenters. The number of benzene rings is 1. The fourth-order valence-corrected chi connectivity index (χ4v) is 1.82. The molecule has 0 amide bonds. The fourth-order valence-electron chi connectivity index (χ4n) is 1.82. The lowest BCUT2D eigenvalue weighted by Crippen LogP contribution is -2.00. The molecule has 2 aromatic heterocycles. The van der Waals surface area contributed by atoms with Crippen LogP contribution in [-0.4, -0.2) is 15.2 Å². The molecule has 2 heterocycles. The summed E-state index contributed by atoms with van der Waals surface area (Å²) in [6, 6.07) is 6.01. The standard InChI is InChI=1S/C15H9F4N3O2/c16-9-2-4-12(11(17)5-9)23-7-10-3-1-8(6-20-10)14-21-22-15(24-14)13(18)19/h1-6,13H,7H2. The average Bonchev–Trinajstić information content (AvgIpc) is 3.05. The minimum absolute atomic E-state index is 0.0606. The summed E-state index contributed by atoms with van der Waals surface area (Å²) >= 11 is 0. The van der Waals surface area contributed by atoms with E-state index in [0.717, 1.165) is 6.07 Å². The van der Waals surface area contributed by atoms with Crippen LogP contribution in [0.4, 0.5) is 17.6 Å². The van der Waals surface area contributed by atoms with E-state index >= 15 is 0 Å². The Labute approximate surface area is 132 Å². The second-order valence-corrected chi connectivity index (χ2v) is 4.65. The van der Waals surface area contributed by atoms with Gasteiger partial charge in [0.1, 0.15) is 12.4 Å². The van der Waals surface area contributed by atoms with E-state index in [2.05, 4.69) is 15.2 Å². The Balaban J connectivity index is 1.68. The average molecular weight is 339 g/mol. The number of pyridine rings is 1. The van der Waals surface area contributed by atoms with Gasteiger partial charge in [-0.3, -0.25) is 4.98 Å². The lowest BCUT2D eigenvalue weighted by atomic mass is 10.2. The van der Waals surface area contributed by atoms with Crippen LogP contribution >= 0.6 is 0 Å². The first kappa shape index (κ1) is 15.9. The topological polar surface area (TPSA) is 61.0 Å². The van der Waals surface area contributed by atoms with Crippen LogP contribution in [-0.2, 0) is 6.61 Å². The Morgan fingerprint density at radius 2 is 1.92 bits per heavy atom. The predicted molar refractivity (Wildman–Crippen MR) is 73.2 cm³/mol. The lowest BCUT2D eigenvalue weighted by molar-refractivity contribution is 0.116. The van der Waals surface area contributed by atoms with E-state index < -0.39 is 24.0 Å². The summed E-state index contributed by atoms with van der Waals surface area (Å²) < 4.78 is 61.0. The number of ether oxygens (including phenoxy) is 1. The number of alkyl halides is 2. The van der Waals surface area contributed by atoms with Gasteiger partial charge in [0.05, 0.1) is 11.3 Å². The Kier molecular flexibility index (Phi) is 4.41. The van der Waals surface area contributed by atoms with Crippen LogP contribution in [0.15, 0.2) is 40.9 Å². The van der Waals surface area contributed by atoms with Crippen LogP contribution in [0.1, 0.15) is 18.0 Å². The van der Waals surface area contributed by atoms with Crippen molar-refractivity contribution >= 4 is 0 Å². The van der Waals surface area contributed by atoms with Crippen LogP contribution in [0.5, 0.6) is 5.75 Å². The maximum Gasteiger partial charge on any atom is 0.314 e. The summed E-state index contributed by atoms with van der Waals surface area (Å²) in [4.78, 5) is 4.03. The normalized spacial score (nSPS) is 11.0. The second kappa shape index (κ2) is 6.65. The largest absolute Gasteiger partial charge is 0.484 e. The zero-order valence-electron chi connectivity index (χ0n) is 11.9. The number of hydrogen-bond acceptors (Lipinski definition) is 5. The van der Waals surface area contributed by atoms with Crippen molar-refractivity contribution < 1.29 is 26.7 Å². The Morgan fingerprint density at radius 1 is 1.08 bits per heavy atom. The van der Waals surface area contributed by atoms with Crippen molar-refractivity contribution in [3.63, 3.8) is 0 Å². The van der Waals surface area contributed by atoms with Crippen LogP contribution in [0.2, 0.25) is 0 Å². The first-order valence-corrected chi connectivity index (χ1v) is 6.67. The SMILES string of the molecule is Fc1ccc(OCc2ccc(-c3nnc(C(F)F)o3)cn2)c(F)c1. The predicted octanol–water partition coefficient (Wildman–Crippen LogP) is 3.93. The summed E-state index contributed by atoms with van der Waals surface area (Å²) in [7, 11) is 0. The molecule has 0 spiro atoms. The van der Waals surface area contributed by atoms with E-state index in [9.17, 15) is 17.6 Å². The lowest BCUT2D eigenvalue weighted by Gasteiger charge is -2.07. The summed E-state index contributed by atoms with van der Waals surface area (Å²) in [5.41, 5.74) is 0.794. The highest BCUT2D eigenvalue weighted by molar-refractivity contribution is 5.50. The Hall–Kier alpha value is -2.97. The smallest absolute Gasteiger partial charge is 0.314 e. The molecule has 0 N–H and O–H groups in total. The third-order valence-electron chi connectivity index (χ3n) is 2.97.